The van der Waals surface area contributed by atoms with Crippen LogP contribution in [-0.4, -0.2) is 25.2 Å². The molecule has 4 rings (SSSR count). The summed E-state index contributed by atoms with van der Waals surface area (Å²) in [5.41, 5.74) is 2.51. The number of hydrogen-bond donors (Lipinski definition) is 2. The molecule has 1 atom stereocenters. The first kappa shape index (κ1) is 19.0. The standard InChI is InChI=1S/C22H19ClN2O4/c1-28-18-10-6-5-9-17(18)25-21(13-11-15(23)20(26)19(12-13)29-2)24-16-8-4-3-7-14(16)22(25)27/h3-12,21,24,26H,1-2H3. The molecule has 148 valence electrons. The number of hydrogen-bond acceptors (Lipinski definition) is 5. The molecule has 1 aliphatic rings. The molecule has 0 fully saturated rings. The van der Waals surface area contributed by atoms with Crippen LogP contribution in [0.15, 0.2) is 60.7 Å². The summed E-state index contributed by atoms with van der Waals surface area (Å²) >= 11 is 6.22. The Morgan fingerprint density at radius 2 is 1.69 bits per heavy atom. The van der Waals surface area contributed by atoms with Crippen LogP contribution < -0.4 is 19.7 Å². The number of amides is 1. The highest BCUT2D eigenvalue weighted by molar-refractivity contribution is 6.32. The number of halogens is 1. The molecule has 1 heterocycles. The van der Waals surface area contributed by atoms with Gasteiger partial charge >= 0.3 is 0 Å². The molecule has 2 N–H and O–H groups in total. The minimum absolute atomic E-state index is 0.132. The predicted octanol–water partition coefficient (Wildman–Crippen LogP) is 4.83. The first-order valence-electron chi connectivity index (χ1n) is 8.93. The molecule has 0 aliphatic carbocycles. The Bertz CT molecular complexity index is 1090. The average Bonchev–Trinajstić information content (AvgIpc) is 2.75. The molecule has 0 aromatic heterocycles. The number of methoxy groups -OCH3 is 2. The molecule has 3 aromatic carbocycles. The van der Waals surface area contributed by atoms with Crippen LogP contribution in [0, 0.1) is 0 Å². The minimum Gasteiger partial charge on any atom is -0.503 e. The van der Waals surface area contributed by atoms with Gasteiger partial charge in [-0.05, 0) is 36.4 Å². The fourth-order valence-corrected chi connectivity index (χ4v) is 3.69. The van der Waals surface area contributed by atoms with Crippen molar-refractivity contribution in [3.05, 3.63) is 76.8 Å². The summed E-state index contributed by atoms with van der Waals surface area (Å²) in [6, 6.07) is 17.9. The van der Waals surface area contributed by atoms with Crippen molar-refractivity contribution < 1.29 is 19.4 Å². The summed E-state index contributed by atoms with van der Waals surface area (Å²) in [5, 5.41) is 13.6. The summed E-state index contributed by atoms with van der Waals surface area (Å²) in [4.78, 5) is 15.1. The van der Waals surface area contributed by atoms with Gasteiger partial charge in [0, 0.05) is 11.3 Å². The second-order valence-corrected chi connectivity index (χ2v) is 6.90. The number of nitrogens with one attached hydrogen (secondary N) is 1. The number of carbonyl (C=O) groups is 1. The van der Waals surface area contributed by atoms with Gasteiger partial charge in [0.15, 0.2) is 11.5 Å². The van der Waals surface area contributed by atoms with E-state index >= 15 is 0 Å². The number of carbonyl (C=O) groups excluding carboxylic acids is 1. The maximum Gasteiger partial charge on any atom is 0.262 e. The largest absolute Gasteiger partial charge is 0.503 e. The van der Waals surface area contributed by atoms with E-state index in [1.54, 1.807) is 36.3 Å². The van der Waals surface area contributed by atoms with Crippen LogP contribution in [0.3, 0.4) is 0 Å². The zero-order valence-electron chi connectivity index (χ0n) is 15.8. The van der Waals surface area contributed by atoms with Crippen molar-refractivity contribution in [3.8, 4) is 17.2 Å². The Kier molecular flexibility index (Phi) is 4.94. The first-order valence-corrected chi connectivity index (χ1v) is 9.31. The first-order chi connectivity index (χ1) is 14.0. The van der Waals surface area contributed by atoms with Crippen molar-refractivity contribution in [1.29, 1.82) is 0 Å². The lowest BCUT2D eigenvalue weighted by Gasteiger charge is -2.38. The molecule has 0 saturated carbocycles. The second kappa shape index (κ2) is 7.56. The highest BCUT2D eigenvalue weighted by Crippen LogP contribution is 2.43. The zero-order chi connectivity index (χ0) is 20.5. The van der Waals surface area contributed by atoms with E-state index in [1.165, 1.54) is 7.11 Å². The van der Waals surface area contributed by atoms with Crippen LogP contribution in [-0.2, 0) is 0 Å². The Labute approximate surface area is 173 Å². The minimum atomic E-state index is -0.597. The number of phenols is 1. The third-order valence-electron chi connectivity index (χ3n) is 4.86. The van der Waals surface area contributed by atoms with Gasteiger partial charge in [-0.15, -0.1) is 0 Å². The molecule has 6 nitrogen and oxygen atoms in total. The molecule has 1 amide bonds. The molecule has 3 aromatic rings. The van der Waals surface area contributed by atoms with E-state index in [-0.39, 0.29) is 22.4 Å². The number of rotatable bonds is 4. The van der Waals surface area contributed by atoms with E-state index < -0.39 is 6.17 Å². The fourth-order valence-electron chi connectivity index (χ4n) is 3.47. The third kappa shape index (κ3) is 3.21. The van der Waals surface area contributed by atoms with Gasteiger partial charge in [0.05, 0.1) is 30.5 Å². The number of para-hydroxylation sites is 3. The number of aromatic hydroxyl groups is 1. The van der Waals surface area contributed by atoms with Crippen molar-refractivity contribution in [2.45, 2.75) is 6.17 Å². The SMILES string of the molecule is COc1ccccc1N1C(=O)c2ccccc2NC1c1cc(Cl)c(O)c(OC)c1. The van der Waals surface area contributed by atoms with Gasteiger partial charge in [-0.2, -0.15) is 0 Å². The van der Waals surface area contributed by atoms with E-state index in [4.69, 9.17) is 21.1 Å². The Morgan fingerprint density at radius 3 is 2.45 bits per heavy atom. The van der Waals surface area contributed by atoms with Crippen LogP contribution >= 0.6 is 11.6 Å². The highest BCUT2D eigenvalue weighted by Gasteiger charge is 2.36. The lowest BCUT2D eigenvalue weighted by atomic mass is 10.0. The number of benzene rings is 3. The van der Waals surface area contributed by atoms with Crippen molar-refractivity contribution >= 4 is 28.9 Å². The summed E-state index contributed by atoms with van der Waals surface area (Å²) in [6.07, 6.45) is -0.597. The van der Waals surface area contributed by atoms with Gasteiger partial charge < -0.3 is 19.9 Å². The Morgan fingerprint density at radius 1 is 1.00 bits per heavy atom. The number of nitrogens with zero attached hydrogens (tertiary/aromatic N) is 1. The van der Waals surface area contributed by atoms with E-state index in [1.807, 2.05) is 36.4 Å². The van der Waals surface area contributed by atoms with Crippen molar-refractivity contribution in [2.75, 3.05) is 24.4 Å². The molecular formula is C22H19ClN2O4. The molecule has 0 saturated heterocycles. The van der Waals surface area contributed by atoms with Gasteiger partial charge in [0.1, 0.15) is 11.9 Å². The zero-order valence-corrected chi connectivity index (χ0v) is 16.6. The monoisotopic (exact) mass is 410 g/mol. The molecular weight excluding hydrogens is 392 g/mol. The van der Waals surface area contributed by atoms with E-state index in [0.717, 1.165) is 0 Å². The van der Waals surface area contributed by atoms with Crippen molar-refractivity contribution in [1.82, 2.24) is 0 Å². The predicted molar refractivity (Wildman–Crippen MR) is 112 cm³/mol. The van der Waals surface area contributed by atoms with Gasteiger partial charge in [0.2, 0.25) is 0 Å². The van der Waals surface area contributed by atoms with Crippen molar-refractivity contribution in [3.63, 3.8) is 0 Å². The molecule has 0 radical (unpaired) electrons. The fraction of sp³-hybridized carbons (Fsp3) is 0.136. The second-order valence-electron chi connectivity index (χ2n) is 6.49. The van der Waals surface area contributed by atoms with Crippen LogP contribution in [0.25, 0.3) is 0 Å². The maximum absolute atomic E-state index is 13.5. The van der Waals surface area contributed by atoms with Crippen LogP contribution in [0.5, 0.6) is 17.2 Å². The number of ether oxygens (including phenoxy) is 2. The molecule has 0 bridgehead atoms. The summed E-state index contributed by atoms with van der Waals surface area (Å²) < 4.78 is 10.7. The number of anilines is 2. The maximum atomic E-state index is 13.5. The molecule has 0 spiro atoms. The van der Waals surface area contributed by atoms with Crippen LogP contribution in [0.2, 0.25) is 5.02 Å². The lowest BCUT2D eigenvalue weighted by Crippen LogP contribution is -2.43. The van der Waals surface area contributed by atoms with Crippen molar-refractivity contribution in [2.24, 2.45) is 0 Å². The van der Waals surface area contributed by atoms with Crippen LogP contribution in [0.4, 0.5) is 11.4 Å². The molecule has 1 unspecified atom stereocenters. The highest BCUT2D eigenvalue weighted by atomic mass is 35.5. The normalized spacial score (nSPS) is 15.5. The Balaban J connectivity index is 1.93. The van der Waals surface area contributed by atoms with Gasteiger partial charge in [-0.1, -0.05) is 35.9 Å². The summed E-state index contributed by atoms with van der Waals surface area (Å²) in [6.45, 7) is 0. The van der Waals surface area contributed by atoms with Gasteiger partial charge in [-0.25, -0.2) is 0 Å². The molecule has 7 heteroatoms. The molecule has 1 aliphatic heterocycles. The summed E-state index contributed by atoms with van der Waals surface area (Å²) in [7, 11) is 3.01. The van der Waals surface area contributed by atoms with E-state index in [9.17, 15) is 9.90 Å². The van der Waals surface area contributed by atoms with E-state index in [2.05, 4.69) is 5.32 Å². The lowest BCUT2D eigenvalue weighted by molar-refractivity contribution is 0.0974. The molecule has 29 heavy (non-hydrogen) atoms. The van der Waals surface area contributed by atoms with Crippen LogP contribution in [0.1, 0.15) is 22.1 Å². The summed E-state index contributed by atoms with van der Waals surface area (Å²) in [5.74, 6) is 0.450. The Hall–Kier alpha value is -3.38. The quantitative estimate of drug-likeness (QED) is 0.644. The smallest absolute Gasteiger partial charge is 0.262 e. The topological polar surface area (TPSA) is 71.0 Å². The number of phenolic OH excluding ortho intramolecular Hbond substituents is 1. The van der Waals surface area contributed by atoms with Gasteiger partial charge in [0.25, 0.3) is 5.91 Å². The van der Waals surface area contributed by atoms with Gasteiger partial charge in [-0.3, -0.25) is 9.69 Å². The third-order valence-corrected chi connectivity index (χ3v) is 5.15. The van der Waals surface area contributed by atoms with E-state index in [0.29, 0.717) is 28.3 Å². The average molecular weight is 411 g/mol. The number of fused-ring (bicyclic) bond motifs is 1.